The first-order chi connectivity index (χ1) is 8.28. The van der Waals surface area contributed by atoms with Crippen LogP contribution in [0, 0.1) is 0 Å². The first-order valence-electron chi connectivity index (χ1n) is 5.89. The molecule has 92 valence electrons. The van der Waals surface area contributed by atoms with Crippen molar-refractivity contribution >= 4 is 11.6 Å². The van der Waals surface area contributed by atoms with Gasteiger partial charge >= 0.3 is 0 Å². The molecule has 1 atom stereocenters. The Morgan fingerprint density at radius 2 is 2.18 bits per heavy atom. The molecular weight excluding hydrogens is 218 g/mol. The van der Waals surface area contributed by atoms with Gasteiger partial charge in [-0.2, -0.15) is 0 Å². The maximum absolute atomic E-state index is 11.7. The van der Waals surface area contributed by atoms with Gasteiger partial charge in [-0.25, -0.2) is 0 Å². The Bertz CT molecular complexity index is 369. The quantitative estimate of drug-likeness (QED) is 0.834. The van der Waals surface area contributed by atoms with E-state index in [4.69, 9.17) is 9.84 Å². The Balaban J connectivity index is 1.84. The van der Waals surface area contributed by atoms with Crippen LogP contribution in [0.5, 0.6) is 0 Å². The second-order valence-electron chi connectivity index (χ2n) is 4.24. The Labute approximate surface area is 101 Å². The Morgan fingerprint density at radius 1 is 1.41 bits per heavy atom. The highest BCUT2D eigenvalue weighted by Crippen LogP contribution is 2.16. The van der Waals surface area contributed by atoms with E-state index in [-0.39, 0.29) is 18.6 Å². The Kier molecular flexibility index (Phi) is 4.12. The number of aliphatic hydroxyl groups is 1. The minimum absolute atomic E-state index is 0.0180. The predicted octanol–water partition coefficient (Wildman–Crippen LogP) is 1.69. The summed E-state index contributed by atoms with van der Waals surface area (Å²) in [5, 5.41) is 11.7. The average molecular weight is 235 g/mol. The van der Waals surface area contributed by atoms with Gasteiger partial charge in [-0.1, -0.05) is 12.1 Å². The largest absolute Gasteiger partial charge is 0.392 e. The molecule has 0 saturated carbocycles. The number of carbonyl (C=O) groups is 1. The molecule has 0 radical (unpaired) electrons. The van der Waals surface area contributed by atoms with Crippen molar-refractivity contribution < 1.29 is 14.6 Å². The van der Waals surface area contributed by atoms with Gasteiger partial charge in [0.2, 0.25) is 5.91 Å². The fourth-order valence-electron chi connectivity index (χ4n) is 1.92. The zero-order chi connectivity index (χ0) is 12.1. The Hall–Kier alpha value is -1.39. The van der Waals surface area contributed by atoms with E-state index < -0.39 is 0 Å². The molecule has 1 fully saturated rings. The molecule has 0 bridgehead atoms. The van der Waals surface area contributed by atoms with E-state index in [1.54, 1.807) is 24.3 Å². The minimum atomic E-state index is -0.0198. The lowest BCUT2D eigenvalue weighted by Gasteiger charge is -2.10. The van der Waals surface area contributed by atoms with Crippen molar-refractivity contribution in [1.82, 2.24) is 0 Å². The molecule has 1 heterocycles. The molecule has 1 saturated heterocycles. The van der Waals surface area contributed by atoms with E-state index in [1.165, 1.54) is 0 Å². The van der Waals surface area contributed by atoms with E-state index in [9.17, 15) is 4.79 Å². The van der Waals surface area contributed by atoms with E-state index in [0.717, 1.165) is 30.7 Å². The molecular formula is C13H17NO3. The van der Waals surface area contributed by atoms with Gasteiger partial charge in [-0.05, 0) is 30.5 Å². The van der Waals surface area contributed by atoms with Gasteiger partial charge in [0.05, 0.1) is 19.1 Å². The zero-order valence-electron chi connectivity index (χ0n) is 9.69. The van der Waals surface area contributed by atoms with Crippen molar-refractivity contribution in [2.24, 2.45) is 0 Å². The normalized spacial score (nSPS) is 19.2. The van der Waals surface area contributed by atoms with Gasteiger partial charge in [0, 0.05) is 12.3 Å². The smallest absolute Gasteiger partial charge is 0.226 e. The molecule has 0 spiro atoms. The molecule has 4 nitrogen and oxygen atoms in total. The predicted molar refractivity (Wildman–Crippen MR) is 64.6 cm³/mol. The second kappa shape index (κ2) is 5.80. The van der Waals surface area contributed by atoms with Crippen molar-refractivity contribution in [3.63, 3.8) is 0 Å². The lowest BCUT2D eigenvalue weighted by atomic mass is 10.1. The molecule has 2 N–H and O–H groups in total. The molecule has 1 aliphatic rings. The van der Waals surface area contributed by atoms with Crippen molar-refractivity contribution in [1.29, 1.82) is 0 Å². The summed E-state index contributed by atoms with van der Waals surface area (Å²) in [6.45, 7) is 0.785. The summed E-state index contributed by atoms with van der Waals surface area (Å²) >= 11 is 0. The van der Waals surface area contributed by atoms with E-state index in [2.05, 4.69) is 5.32 Å². The summed E-state index contributed by atoms with van der Waals surface area (Å²) in [7, 11) is 0. The molecule has 1 aliphatic heterocycles. The summed E-state index contributed by atoms with van der Waals surface area (Å²) in [5.41, 5.74) is 1.59. The third kappa shape index (κ3) is 3.54. The minimum Gasteiger partial charge on any atom is -0.392 e. The highest BCUT2D eigenvalue weighted by molar-refractivity contribution is 5.91. The number of anilines is 1. The molecule has 4 heteroatoms. The van der Waals surface area contributed by atoms with E-state index in [0.29, 0.717) is 6.42 Å². The van der Waals surface area contributed by atoms with Crippen molar-refractivity contribution in [3.8, 4) is 0 Å². The topological polar surface area (TPSA) is 58.6 Å². The summed E-state index contributed by atoms with van der Waals surface area (Å²) in [4.78, 5) is 11.7. The first-order valence-corrected chi connectivity index (χ1v) is 5.89. The number of hydrogen-bond acceptors (Lipinski definition) is 3. The van der Waals surface area contributed by atoms with Crippen molar-refractivity contribution in [2.75, 3.05) is 11.9 Å². The maximum atomic E-state index is 11.7. The van der Waals surface area contributed by atoms with Crippen LogP contribution in [0.3, 0.4) is 0 Å². The first kappa shape index (κ1) is 12.1. The van der Waals surface area contributed by atoms with E-state index >= 15 is 0 Å². The summed E-state index contributed by atoms with van der Waals surface area (Å²) < 4.78 is 5.40. The zero-order valence-corrected chi connectivity index (χ0v) is 9.69. The monoisotopic (exact) mass is 235 g/mol. The molecule has 1 aromatic carbocycles. The van der Waals surface area contributed by atoms with Crippen LogP contribution in [0.25, 0.3) is 0 Å². The van der Waals surface area contributed by atoms with Crippen LogP contribution in [0.15, 0.2) is 24.3 Å². The Morgan fingerprint density at radius 3 is 2.76 bits per heavy atom. The molecule has 2 rings (SSSR count). The summed E-state index contributed by atoms with van der Waals surface area (Å²) in [6, 6.07) is 7.17. The number of aliphatic hydroxyl groups excluding tert-OH is 1. The fraction of sp³-hybridized carbons (Fsp3) is 0.462. The van der Waals surface area contributed by atoms with Crippen LogP contribution in [-0.2, 0) is 16.1 Å². The van der Waals surface area contributed by atoms with Crippen LogP contribution in [0.2, 0.25) is 0 Å². The van der Waals surface area contributed by atoms with E-state index in [1.807, 2.05) is 0 Å². The van der Waals surface area contributed by atoms with Crippen LogP contribution >= 0.6 is 0 Å². The highest BCUT2D eigenvalue weighted by atomic mass is 16.5. The van der Waals surface area contributed by atoms with Crippen LogP contribution in [0.1, 0.15) is 24.8 Å². The molecule has 0 aromatic heterocycles. The fourth-order valence-corrected chi connectivity index (χ4v) is 1.92. The molecule has 1 amide bonds. The van der Waals surface area contributed by atoms with Gasteiger partial charge in [0.25, 0.3) is 0 Å². The third-order valence-electron chi connectivity index (χ3n) is 2.86. The van der Waals surface area contributed by atoms with Gasteiger partial charge < -0.3 is 15.2 Å². The number of amides is 1. The average Bonchev–Trinajstić information content (AvgIpc) is 2.82. The molecule has 0 aliphatic carbocycles. The second-order valence-corrected chi connectivity index (χ2v) is 4.24. The lowest BCUT2D eigenvalue weighted by Crippen LogP contribution is -2.19. The third-order valence-corrected chi connectivity index (χ3v) is 2.86. The van der Waals surface area contributed by atoms with Gasteiger partial charge in [0.1, 0.15) is 0 Å². The van der Waals surface area contributed by atoms with Crippen LogP contribution < -0.4 is 5.32 Å². The summed E-state index contributed by atoms with van der Waals surface area (Å²) in [6.07, 6.45) is 2.51. The number of ether oxygens (including phenoxy) is 1. The van der Waals surface area contributed by atoms with Crippen molar-refractivity contribution in [2.45, 2.75) is 32.0 Å². The number of benzene rings is 1. The standard InChI is InChI=1S/C13H17NO3/c15-9-10-3-5-11(6-4-10)14-13(16)8-12-2-1-7-17-12/h3-6,12,15H,1-2,7-9H2,(H,14,16). The number of carbonyl (C=O) groups excluding carboxylic acids is 1. The highest BCUT2D eigenvalue weighted by Gasteiger charge is 2.18. The van der Waals surface area contributed by atoms with Crippen LogP contribution in [-0.4, -0.2) is 23.7 Å². The molecule has 1 aromatic rings. The number of nitrogens with one attached hydrogen (secondary N) is 1. The summed E-state index contributed by atoms with van der Waals surface area (Å²) in [5.74, 6) is -0.0198. The van der Waals surface area contributed by atoms with Crippen LogP contribution in [0.4, 0.5) is 5.69 Å². The molecule has 17 heavy (non-hydrogen) atoms. The maximum Gasteiger partial charge on any atom is 0.226 e. The number of hydrogen-bond donors (Lipinski definition) is 2. The molecule has 1 unspecified atom stereocenters. The van der Waals surface area contributed by atoms with Gasteiger partial charge in [-0.15, -0.1) is 0 Å². The van der Waals surface area contributed by atoms with Gasteiger partial charge in [0.15, 0.2) is 0 Å². The van der Waals surface area contributed by atoms with Crippen molar-refractivity contribution in [3.05, 3.63) is 29.8 Å². The number of rotatable bonds is 4. The van der Waals surface area contributed by atoms with Gasteiger partial charge in [-0.3, -0.25) is 4.79 Å². The lowest BCUT2D eigenvalue weighted by molar-refractivity contribution is -0.118. The SMILES string of the molecule is O=C(CC1CCCO1)Nc1ccc(CO)cc1.